The van der Waals surface area contributed by atoms with E-state index in [1.807, 2.05) is 6.07 Å². The van der Waals surface area contributed by atoms with Gasteiger partial charge in [-0.1, -0.05) is 18.6 Å². The first kappa shape index (κ1) is 10.5. The van der Waals surface area contributed by atoms with Gasteiger partial charge in [-0.15, -0.1) is 0 Å². The van der Waals surface area contributed by atoms with Crippen LogP contribution in [0.4, 0.5) is 4.39 Å². The molecule has 1 aliphatic carbocycles. The van der Waals surface area contributed by atoms with E-state index < -0.39 is 0 Å². The number of rotatable bonds is 2. The van der Waals surface area contributed by atoms with E-state index in [4.69, 9.17) is 0 Å². The van der Waals surface area contributed by atoms with Crippen molar-refractivity contribution in [1.29, 1.82) is 0 Å². The van der Waals surface area contributed by atoms with Gasteiger partial charge >= 0.3 is 0 Å². The van der Waals surface area contributed by atoms with E-state index in [-0.39, 0.29) is 17.5 Å². The maximum absolute atomic E-state index is 13.7. The molecule has 0 saturated heterocycles. The van der Waals surface area contributed by atoms with Crippen LogP contribution in [0.25, 0.3) is 10.9 Å². The minimum Gasteiger partial charge on any atom is -0.347 e. The van der Waals surface area contributed by atoms with Gasteiger partial charge in [0.2, 0.25) is 0 Å². The van der Waals surface area contributed by atoms with Crippen molar-refractivity contribution in [3.8, 4) is 0 Å². The summed E-state index contributed by atoms with van der Waals surface area (Å²) in [4.78, 5) is 12.2. The van der Waals surface area contributed by atoms with Crippen molar-refractivity contribution in [3.05, 3.63) is 35.8 Å². The lowest BCUT2D eigenvalue weighted by atomic mass is 9.80. The molecule has 3 heteroatoms. The van der Waals surface area contributed by atoms with E-state index in [0.717, 1.165) is 24.6 Å². The normalized spacial score (nSPS) is 16.1. The molecule has 0 radical (unpaired) electrons. The molecule has 0 spiro atoms. The van der Waals surface area contributed by atoms with Gasteiger partial charge < -0.3 is 4.57 Å². The smallest absolute Gasteiger partial charge is 0.168 e. The average Bonchev–Trinajstić information content (AvgIpc) is 2.55. The molecular weight excluding hydrogens is 217 g/mol. The third kappa shape index (κ3) is 1.49. The van der Waals surface area contributed by atoms with Crippen LogP contribution in [0.15, 0.2) is 24.4 Å². The van der Waals surface area contributed by atoms with Gasteiger partial charge in [0.25, 0.3) is 0 Å². The van der Waals surface area contributed by atoms with Crippen LogP contribution in [0.3, 0.4) is 0 Å². The molecule has 1 aliphatic rings. The molecule has 0 N–H and O–H groups in total. The number of para-hydroxylation sites is 1. The van der Waals surface area contributed by atoms with Crippen LogP contribution < -0.4 is 0 Å². The summed E-state index contributed by atoms with van der Waals surface area (Å²) in [7, 11) is 1.78. The van der Waals surface area contributed by atoms with Crippen molar-refractivity contribution < 1.29 is 9.18 Å². The summed E-state index contributed by atoms with van der Waals surface area (Å²) < 4.78 is 15.4. The van der Waals surface area contributed by atoms with Crippen molar-refractivity contribution in [3.63, 3.8) is 0 Å². The van der Waals surface area contributed by atoms with Crippen LogP contribution in [0.5, 0.6) is 0 Å². The number of aromatic nitrogens is 1. The Morgan fingerprint density at radius 2 is 2.18 bits per heavy atom. The Hall–Kier alpha value is -1.64. The van der Waals surface area contributed by atoms with Crippen LogP contribution >= 0.6 is 0 Å². The second-order valence-electron chi connectivity index (χ2n) is 4.78. The third-order valence-electron chi connectivity index (χ3n) is 3.69. The van der Waals surface area contributed by atoms with Gasteiger partial charge in [0.1, 0.15) is 5.82 Å². The second-order valence-corrected chi connectivity index (χ2v) is 4.78. The van der Waals surface area contributed by atoms with Gasteiger partial charge in [-0.05, 0) is 18.9 Å². The molecule has 1 aromatic carbocycles. The lowest BCUT2D eigenvalue weighted by Crippen LogP contribution is -2.21. The monoisotopic (exact) mass is 231 g/mol. The predicted octanol–water partition coefficient (Wildman–Crippen LogP) is 3.30. The Balaban J connectivity index is 2.17. The molecule has 0 bridgehead atoms. The highest BCUT2D eigenvalue weighted by Gasteiger charge is 2.28. The lowest BCUT2D eigenvalue weighted by Gasteiger charge is -2.23. The molecule has 0 aliphatic heterocycles. The SMILES string of the molecule is Cn1cc(C(=O)C2CCC2)c2cccc(F)c21. The van der Waals surface area contributed by atoms with Crippen LogP contribution in [-0.2, 0) is 7.05 Å². The van der Waals surface area contributed by atoms with Crippen molar-refractivity contribution >= 4 is 16.7 Å². The van der Waals surface area contributed by atoms with E-state index in [0.29, 0.717) is 11.1 Å². The maximum atomic E-state index is 13.7. The Labute approximate surface area is 99.0 Å². The fourth-order valence-corrected chi connectivity index (χ4v) is 2.51. The third-order valence-corrected chi connectivity index (χ3v) is 3.69. The number of hydrogen-bond acceptors (Lipinski definition) is 1. The molecule has 88 valence electrons. The number of carbonyl (C=O) groups excluding carboxylic acids is 1. The van der Waals surface area contributed by atoms with Crippen molar-refractivity contribution in [1.82, 2.24) is 4.57 Å². The van der Waals surface area contributed by atoms with Crippen LogP contribution in [0, 0.1) is 11.7 Å². The van der Waals surface area contributed by atoms with Gasteiger partial charge in [0.05, 0.1) is 5.52 Å². The molecule has 1 aromatic heterocycles. The molecule has 3 rings (SSSR count). The summed E-state index contributed by atoms with van der Waals surface area (Å²) >= 11 is 0. The fourth-order valence-electron chi connectivity index (χ4n) is 2.51. The molecule has 1 heterocycles. The number of carbonyl (C=O) groups is 1. The largest absolute Gasteiger partial charge is 0.347 e. The van der Waals surface area contributed by atoms with Crippen molar-refractivity contribution in [2.75, 3.05) is 0 Å². The molecule has 1 saturated carbocycles. The molecular formula is C14H14FNO. The number of halogens is 1. The summed E-state index contributed by atoms with van der Waals surface area (Å²) in [6.45, 7) is 0. The van der Waals surface area contributed by atoms with Crippen LogP contribution in [0.1, 0.15) is 29.6 Å². The number of nitrogens with zero attached hydrogens (tertiary/aromatic N) is 1. The first-order valence-electron chi connectivity index (χ1n) is 5.96. The zero-order valence-corrected chi connectivity index (χ0v) is 9.74. The first-order valence-corrected chi connectivity index (χ1v) is 5.96. The van der Waals surface area contributed by atoms with Gasteiger partial charge in [-0.25, -0.2) is 4.39 Å². The van der Waals surface area contributed by atoms with E-state index in [1.165, 1.54) is 6.07 Å². The minimum atomic E-state index is -0.266. The Kier molecular flexibility index (Phi) is 2.28. The standard InChI is InChI=1S/C14H14FNO/c1-16-8-11(14(17)9-4-2-5-9)10-6-3-7-12(15)13(10)16/h3,6-9H,2,4-5H2,1H3. The van der Waals surface area contributed by atoms with Crippen LogP contribution in [0.2, 0.25) is 0 Å². The Morgan fingerprint density at radius 3 is 2.82 bits per heavy atom. The van der Waals surface area contributed by atoms with Gasteiger partial charge in [0, 0.05) is 30.1 Å². The molecule has 0 unspecified atom stereocenters. The Bertz CT molecular complexity index is 596. The van der Waals surface area contributed by atoms with Crippen molar-refractivity contribution in [2.45, 2.75) is 19.3 Å². The predicted molar refractivity (Wildman–Crippen MR) is 64.5 cm³/mol. The minimum absolute atomic E-state index is 0.156. The Morgan fingerprint density at radius 1 is 1.41 bits per heavy atom. The average molecular weight is 231 g/mol. The zero-order valence-electron chi connectivity index (χ0n) is 9.74. The highest BCUT2D eigenvalue weighted by Crippen LogP contribution is 2.33. The van der Waals surface area contributed by atoms with E-state index >= 15 is 0 Å². The summed E-state index contributed by atoms with van der Waals surface area (Å²) in [5.74, 6) is 0.0639. The zero-order chi connectivity index (χ0) is 12.0. The first-order chi connectivity index (χ1) is 8.18. The molecule has 0 atom stereocenters. The molecule has 2 aromatic rings. The molecule has 17 heavy (non-hydrogen) atoms. The fraction of sp³-hybridized carbons (Fsp3) is 0.357. The quantitative estimate of drug-likeness (QED) is 0.727. The maximum Gasteiger partial charge on any atom is 0.168 e. The van der Waals surface area contributed by atoms with E-state index in [1.54, 1.807) is 23.9 Å². The number of benzene rings is 1. The summed E-state index contributed by atoms with van der Waals surface area (Å²) in [5.41, 5.74) is 1.20. The number of hydrogen-bond donors (Lipinski definition) is 0. The summed E-state index contributed by atoms with van der Waals surface area (Å²) in [6, 6.07) is 4.92. The highest BCUT2D eigenvalue weighted by molar-refractivity contribution is 6.09. The van der Waals surface area contributed by atoms with E-state index in [2.05, 4.69) is 0 Å². The number of fused-ring (bicyclic) bond motifs is 1. The van der Waals surface area contributed by atoms with Crippen molar-refractivity contribution in [2.24, 2.45) is 13.0 Å². The lowest BCUT2D eigenvalue weighted by molar-refractivity contribution is 0.0857. The molecule has 2 nitrogen and oxygen atoms in total. The van der Waals surface area contributed by atoms with E-state index in [9.17, 15) is 9.18 Å². The highest BCUT2D eigenvalue weighted by atomic mass is 19.1. The number of Topliss-reactive ketones (excluding diaryl/α,β-unsaturated/α-hetero) is 1. The summed E-state index contributed by atoms with van der Waals surface area (Å²) in [6.07, 6.45) is 4.85. The van der Waals surface area contributed by atoms with Gasteiger partial charge in [0.15, 0.2) is 5.78 Å². The molecule has 0 amide bonds. The number of aryl methyl sites for hydroxylation is 1. The van der Waals surface area contributed by atoms with Crippen LogP contribution in [-0.4, -0.2) is 10.4 Å². The van der Waals surface area contributed by atoms with Gasteiger partial charge in [-0.3, -0.25) is 4.79 Å². The topological polar surface area (TPSA) is 22.0 Å². The summed E-state index contributed by atoms with van der Waals surface area (Å²) in [5, 5.41) is 0.740. The molecule has 1 fully saturated rings. The number of ketones is 1. The van der Waals surface area contributed by atoms with Gasteiger partial charge in [-0.2, -0.15) is 0 Å². The second kappa shape index (κ2) is 3.69.